The van der Waals surface area contributed by atoms with Gasteiger partial charge in [-0.2, -0.15) is 0 Å². The maximum atomic E-state index is 14.4. The van der Waals surface area contributed by atoms with Gasteiger partial charge in [0.25, 0.3) is 5.69 Å². The van der Waals surface area contributed by atoms with Crippen LogP contribution in [-0.2, 0) is 0 Å². The molecule has 0 spiro atoms. The molecule has 9 nitrogen and oxygen atoms in total. The number of aromatic amines is 1. The van der Waals surface area contributed by atoms with Gasteiger partial charge in [0.2, 0.25) is 0 Å². The summed E-state index contributed by atoms with van der Waals surface area (Å²) in [6, 6.07) is 10.6. The number of fused-ring (bicyclic) bond motifs is 1. The fourth-order valence-corrected chi connectivity index (χ4v) is 3.85. The van der Waals surface area contributed by atoms with Crippen molar-refractivity contribution in [2.75, 3.05) is 19.0 Å². The van der Waals surface area contributed by atoms with Crippen molar-refractivity contribution >= 4 is 22.4 Å². The first-order valence-electron chi connectivity index (χ1n) is 10.1. The van der Waals surface area contributed by atoms with E-state index in [1.165, 1.54) is 29.1 Å². The van der Waals surface area contributed by atoms with Gasteiger partial charge in [0, 0.05) is 49.1 Å². The summed E-state index contributed by atoms with van der Waals surface area (Å²) in [5.74, 6) is -1.72. The molecule has 0 atom stereocenters. The first-order valence-corrected chi connectivity index (χ1v) is 10.1. The van der Waals surface area contributed by atoms with Crippen LogP contribution in [-0.4, -0.2) is 43.8 Å². The number of aromatic nitrogens is 5. The van der Waals surface area contributed by atoms with Crippen LogP contribution >= 0.6 is 0 Å². The van der Waals surface area contributed by atoms with E-state index in [-0.39, 0.29) is 17.2 Å². The average Bonchev–Trinajstić information content (AvgIpc) is 3.46. The van der Waals surface area contributed by atoms with E-state index in [1.807, 2.05) is 6.07 Å². The van der Waals surface area contributed by atoms with Gasteiger partial charge in [-0.3, -0.25) is 14.7 Å². The number of rotatable bonds is 5. The van der Waals surface area contributed by atoms with Gasteiger partial charge in [0.1, 0.15) is 17.7 Å². The Morgan fingerprint density at radius 3 is 2.71 bits per heavy atom. The van der Waals surface area contributed by atoms with Gasteiger partial charge in [0.15, 0.2) is 17.5 Å². The summed E-state index contributed by atoms with van der Waals surface area (Å²) < 4.78 is 29.6. The summed E-state index contributed by atoms with van der Waals surface area (Å²) in [5.41, 5.74) is 2.76. The monoisotopic (exact) mass is 461 g/mol. The molecule has 3 heterocycles. The maximum Gasteiger partial charge on any atom is 0.293 e. The predicted octanol–water partition coefficient (Wildman–Crippen LogP) is 4.73. The third-order valence-electron chi connectivity index (χ3n) is 5.50. The van der Waals surface area contributed by atoms with Crippen LogP contribution in [0, 0.1) is 21.7 Å². The van der Waals surface area contributed by atoms with Crippen molar-refractivity contribution in [1.82, 2.24) is 24.7 Å². The predicted molar refractivity (Wildman–Crippen MR) is 123 cm³/mol. The zero-order chi connectivity index (χ0) is 24.0. The van der Waals surface area contributed by atoms with Gasteiger partial charge in [0.05, 0.1) is 10.6 Å². The van der Waals surface area contributed by atoms with Gasteiger partial charge in [-0.1, -0.05) is 12.1 Å². The standard InChI is InChI=1S/C23H17F2N7O2/c1-30(2)18-7-6-13(9-20(18)32(33)34)14-8-15-16(11-27-22(15)26-10-14)23-29-28-12-31(23)19-5-3-4-17(24)21(19)25/h3-12H,1-2H3,(H,26,27). The lowest BCUT2D eigenvalue weighted by Gasteiger charge is -2.13. The van der Waals surface area contributed by atoms with E-state index in [9.17, 15) is 18.9 Å². The lowest BCUT2D eigenvalue weighted by molar-refractivity contribution is -0.384. The number of anilines is 1. The molecule has 3 aromatic heterocycles. The summed E-state index contributed by atoms with van der Waals surface area (Å²) in [6.07, 6.45) is 4.55. The first kappa shape index (κ1) is 21.2. The number of halogens is 2. The molecule has 0 amide bonds. The van der Waals surface area contributed by atoms with Crippen LogP contribution in [0.3, 0.4) is 0 Å². The van der Waals surface area contributed by atoms with Crippen LogP contribution in [0.1, 0.15) is 0 Å². The van der Waals surface area contributed by atoms with E-state index in [1.54, 1.807) is 43.5 Å². The highest BCUT2D eigenvalue weighted by Crippen LogP contribution is 2.35. The summed E-state index contributed by atoms with van der Waals surface area (Å²) >= 11 is 0. The smallest absolute Gasteiger partial charge is 0.293 e. The fourth-order valence-electron chi connectivity index (χ4n) is 3.85. The molecule has 0 bridgehead atoms. The number of nitrogens with zero attached hydrogens (tertiary/aromatic N) is 6. The molecule has 0 aliphatic carbocycles. The van der Waals surface area contributed by atoms with Crippen molar-refractivity contribution in [2.45, 2.75) is 0 Å². The van der Waals surface area contributed by atoms with Crippen molar-refractivity contribution in [3.8, 4) is 28.2 Å². The quantitative estimate of drug-likeness (QED) is 0.300. The summed E-state index contributed by atoms with van der Waals surface area (Å²) in [7, 11) is 3.47. The molecular formula is C23H17F2N7O2. The number of pyridine rings is 1. The zero-order valence-corrected chi connectivity index (χ0v) is 18.0. The second-order valence-electron chi connectivity index (χ2n) is 7.78. The first-order chi connectivity index (χ1) is 16.3. The number of hydrogen-bond acceptors (Lipinski definition) is 6. The molecule has 5 aromatic rings. The van der Waals surface area contributed by atoms with E-state index >= 15 is 0 Å². The molecule has 0 aliphatic heterocycles. The van der Waals surface area contributed by atoms with Crippen LogP contribution in [0.4, 0.5) is 20.2 Å². The Hall–Kier alpha value is -4.67. The Morgan fingerprint density at radius 2 is 1.94 bits per heavy atom. The Balaban J connectivity index is 1.65. The largest absolute Gasteiger partial charge is 0.372 e. The summed E-state index contributed by atoms with van der Waals surface area (Å²) in [6.45, 7) is 0. The van der Waals surface area contributed by atoms with E-state index in [0.29, 0.717) is 33.4 Å². The lowest BCUT2D eigenvalue weighted by Crippen LogP contribution is -2.10. The van der Waals surface area contributed by atoms with Crippen LogP contribution in [0.15, 0.2) is 61.2 Å². The normalized spacial score (nSPS) is 11.2. The maximum absolute atomic E-state index is 14.4. The third kappa shape index (κ3) is 3.43. The molecule has 5 rings (SSSR count). The summed E-state index contributed by atoms with van der Waals surface area (Å²) in [5, 5.41) is 20.2. The summed E-state index contributed by atoms with van der Waals surface area (Å²) in [4.78, 5) is 20.3. The Kier molecular flexibility index (Phi) is 5.01. The van der Waals surface area contributed by atoms with E-state index < -0.39 is 16.6 Å². The SMILES string of the molecule is CN(C)c1ccc(-c2cnc3[nH]cc(-c4nncn4-c4cccc(F)c4F)c3c2)cc1[N+](=O)[O-]. The molecule has 34 heavy (non-hydrogen) atoms. The van der Waals surface area contributed by atoms with Crippen molar-refractivity contribution < 1.29 is 13.7 Å². The van der Waals surface area contributed by atoms with Crippen molar-refractivity contribution in [3.05, 3.63) is 82.9 Å². The molecule has 2 aromatic carbocycles. The van der Waals surface area contributed by atoms with Gasteiger partial charge in [-0.15, -0.1) is 10.2 Å². The molecule has 0 fully saturated rings. The topological polar surface area (TPSA) is 106 Å². The van der Waals surface area contributed by atoms with Crippen molar-refractivity contribution in [2.24, 2.45) is 0 Å². The van der Waals surface area contributed by atoms with E-state index in [4.69, 9.17) is 0 Å². The molecule has 11 heteroatoms. The molecule has 0 aliphatic rings. The molecule has 170 valence electrons. The highest BCUT2D eigenvalue weighted by molar-refractivity contribution is 5.94. The zero-order valence-electron chi connectivity index (χ0n) is 18.0. The minimum Gasteiger partial charge on any atom is -0.372 e. The second kappa shape index (κ2) is 8.03. The molecular weight excluding hydrogens is 444 g/mol. The number of H-pyrrole nitrogens is 1. The van der Waals surface area contributed by atoms with Gasteiger partial charge in [-0.25, -0.2) is 13.8 Å². The molecule has 0 unspecified atom stereocenters. The Labute approximate surface area is 191 Å². The van der Waals surface area contributed by atoms with Gasteiger partial charge < -0.3 is 9.88 Å². The molecule has 0 saturated heterocycles. The number of nitro groups is 1. The Morgan fingerprint density at radius 1 is 1.12 bits per heavy atom. The van der Waals surface area contributed by atoms with Gasteiger partial charge in [-0.05, 0) is 29.8 Å². The molecule has 0 radical (unpaired) electrons. The number of benzene rings is 2. The number of nitro benzene ring substituents is 1. The molecule has 1 N–H and O–H groups in total. The number of nitrogens with one attached hydrogen (secondary N) is 1. The second-order valence-corrected chi connectivity index (χ2v) is 7.78. The lowest BCUT2D eigenvalue weighted by atomic mass is 10.0. The fraction of sp³-hybridized carbons (Fsp3) is 0.0870. The van der Waals surface area contributed by atoms with Gasteiger partial charge >= 0.3 is 0 Å². The van der Waals surface area contributed by atoms with Crippen LogP contribution in [0.25, 0.3) is 39.2 Å². The van der Waals surface area contributed by atoms with Crippen LogP contribution in [0.5, 0.6) is 0 Å². The average molecular weight is 461 g/mol. The minimum atomic E-state index is -1.02. The highest BCUT2D eigenvalue weighted by atomic mass is 19.2. The third-order valence-corrected chi connectivity index (χ3v) is 5.50. The highest BCUT2D eigenvalue weighted by Gasteiger charge is 2.20. The van der Waals surface area contributed by atoms with E-state index in [0.717, 1.165) is 6.07 Å². The molecule has 0 saturated carbocycles. The number of hydrogen-bond donors (Lipinski definition) is 1. The minimum absolute atomic E-state index is 0.0294. The van der Waals surface area contributed by atoms with Crippen LogP contribution in [0.2, 0.25) is 0 Å². The van der Waals surface area contributed by atoms with E-state index in [2.05, 4.69) is 20.2 Å². The van der Waals surface area contributed by atoms with Crippen LogP contribution < -0.4 is 4.90 Å². The van der Waals surface area contributed by atoms with Crippen molar-refractivity contribution in [1.29, 1.82) is 0 Å². The van der Waals surface area contributed by atoms with Crippen molar-refractivity contribution in [3.63, 3.8) is 0 Å². The Bertz CT molecular complexity index is 1560.